The van der Waals surface area contributed by atoms with Crippen molar-refractivity contribution in [2.75, 3.05) is 13.1 Å². The Hall–Kier alpha value is -0.970. The van der Waals surface area contributed by atoms with E-state index in [0.717, 1.165) is 19.4 Å². The fraction of sp³-hybridized carbons (Fsp3) is 0.786. The summed E-state index contributed by atoms with van der Waals surface area (Å²) in [5.41, 5.74) is 0.136. The van der Waals surface area contributed by atoms with Crippen LogP contribution in [0.2, 0.25) is 0 Å². The largest absolute Gasteiger partial charge is 0.332 e. The van der Waals surface area contributed by atoms with Crippen molar-refractivity contribution in [3.63, 3.8) is 0 Å². The third kappa shape index (κ3) is 2.78. The Morgan fingerprint density at radius 3 is 2.69 bits per heavy atom. The maximum atomic E-state index is 12.4. The molecule has 16 heavy (non-hydrogen) atoms. The van der Waals surface area contributed by atoms with Gasteiger partial charge in [-0.15, -0.1) is 6.42 Å². The lowest BCUT2D eigenvalue weighted by Crippen LogP contribution is -2.43. The molecule has 0 aromatic carbocycles. The summed E-state index contributed by atoms with van der Waals surface area (Å²) in [4.78, 5) is 14.2. The van der Waals surface area contributed by atoms with Gasteiger partial charge in [-0.1, -0.05) is 32.6 Å². The van der Waals surface area contributed by atoms with Crippen LogP contribution in [0.15, 0.2) is 0 Å². The molecule has 0 heterocycles. The van der Waals surface area contributed by atoms with Crippen LogP contribution >= 0.6 is 0 Å². The lowest BCUT2D eigenvalue weighted by Gasteiger charge is -2.39. The molecular weight excluding hydrogens is 198 g/mol. The van der Waals surface area contributed by atoms with Crippen LogP contribution in [-0.2, 0) is 4.79 Å². The minimum Gasteiger partial charge on any atom is -0.332 e. The molecular formula is C14H23NO. The van der Waals surface area contributed by atoms with E-state index in [0.29, 0.717) is 6.54 Å². The topological polar surface area (TPSA) is 20.3 Å². The molecule has 0 aromatic rings. The van der Waals surface area contributed by atoms with E-state index in [4.69, 9.17) is 6.42 Å². The van der Waals surface area contributed by atoms with E-state index < -0.39 is 0 Å². The Bertz CT molecular complexity index is 288. The molecule has 1 saturated carbocycles. The number of terminal acetylenes is 1. The Morgan fingerprint density at radius 2 is 2.19 bits per heavy atom. The molecule has 1 rings (SSSR count). The molecule has 90 valence electrons. The van der Waals surface area contributed by atoms with Crippen molar-refractivity contribution in [1.82, 2.24) is 4.90 Å². The van der Waals surface area contributed by atoms with Crippen molar-refractivity contribution >= 4 is 5.91 Å². The van der Waals surface area contributed by atoms with Crippen molar-refractivity contribution in [3.8, 4) is 12.3 Å². The number of carbonyl (C=O) groups excluding carboxylic acids is 1. The van der Waals surface area contributed by atoms with Gasteiger partial charge in [0, 0.05) is 12.5 Å². The van der Waals surface area contributed by atoms with Crippen LogP contribution in [0.4, 0.5) is 0 Å². The molecule has 1 aliphatic rings. The first-order valence-corrected chi connectivity index (χ1v) is 6.25. The van der Waals surface area contributed by atoms with Gasteiger partial charge in [0.05, 0.1) is 6.54 Å². The maximum absolute atomic E-state index is 12.4. The first kappa shape index (κ1) is 13.1. The zero-order chi connectivity index (χ0) is 12.2. The number of hydrogen-bond donors (Lipinski definition) is 0. The Kier molecular flexibility index (Phi) is 4.41. The third-order valence-corrected chi connectivity index (χ3v) is 3.78. The van der Waals surface area contributed by atoms with Gasteiger partial charge in [0.15, 0.2) is 0 Å². The molecule has 0 aromatic heterocycles. The molecule has 0 bridgehead atoms. The quantitative estimate of drug-likeness (QED) is 0.671. The van der Waals surface area contributed by atoms with E-state index in [1.54, 1.807) is 4.90 Å². The van der Waals surface area contributed by atoms with E-state index >= 15 is 0 Å². The second-order valence-corrected chi connectivity index (χ2v) is 5.34. The van der Waals surface area contributed by atoms with Gasteiger partial charge in [-0.25, -0.2) is 0 Å². The molecule has 1 aliphatic carbocycles. The first-order chi connectivity index (χ1) is 7.53. The second-order valence-electron chi connectivity index (χ2n) is 5.34. The number of hydrogen-bond acceptors (Lipinski definition) is 1. The minimum absolute atomic E-state index is 0.136. The van der Waals surface area contributed by atoms with Gasteiger partial charge in [-0.05, 0) is 25.2 Å². The molecule has 0 saturated heterocycles. The molecule has 2 nitrogen and oxygen atoms in total. The highest BCUT2D eigenvalue weighted by Crippen LogP contribution is 2.41. The van der Waals surface area contributed by atoms with E-state index in [1.807, 2.05) is 6.92 Å². The van der Waals surface area contributed by atoms with Crippen LogP contribution in [0.1, 0.15) is 46.5 Å². The molecule has 0 spiro atoms. The van der Waals surface area contributed by atoms with Crippen LogP contribution in [-0.4, -0.2) is 23.9 Å². The predicted octanol–water partition coefficient (Wildman–Crippen LogP) is 2.68. The highest BCUT2D eigenvalue weighted by atomic mass is 16.2. The SMILES string of the molecule is C#CCN(CC)C(=O)C1CCCCC1(C)C. The fourth-order valence-electron chi connectivity index (χ4n) is 2.63. The zero-order valence-corrected chi connectivity index (χ0v) is 10.8. The Morgan fingerprint density at radius 1 is 1.50 bits per heavy atom. The average molecular weight is 221 g/mol. The summed E-state index contributed by atoms with van der Waals surface area (Å²) >= 11 is 0. The molecule has 0 N–H and O–H groups in total. The smallest absolute Gasteiger partial charge is 0.226 e. The van der Waals surface area contributed by atoms with Gasteiger partial charge in [-0.3, -0.25) is 4.79 Å². The number of carbonyl (C=O) groups is 1. The van der Waals surface area contributed by atoms with Crippen LogP contribution < -0.4 is 0 Å². The summed E-state index contributed by atoms with van der Waals surface area (Å²) in [6, 6.07) is 0. The van der Waals surface area contributed by atoms with Crippen LogP contribution in [0.25, 0.3) is 0 Å². The van der Waals surface area contributed by atoms with Gasteiger partial charge in [0.25, 0.3) is 0 Å². The summed E-state index contributed by atoms with van der Waals surface area (Å²) < 4.78 is 0. The molecule has 2 heteroatoms. The van der Waals surface area contributed by atoms with E-state index in [2.05, 4.69) is 19.8 Å². The van der Waals surface area contributed by atoms with Crippen LogP contribution in [0.5, 0.6) is 0 Å². The van der Waals surface area contributed by atoms with Crippen molar-refractivity contribution in [1.29, 1.82) is 0 Å². The standard InChI is InChI=1S/C14H23NO/c1-5-11-15(6-2)13(16)12-9-7-8-10-14(12,3)4/h1,12H,6-11H2,2-4H3. The van der Waals surface area contributed by atoms with E-state index in [1.165, 1.54) is 12.8 Å². The van der Waals surface area contributed by atoms with Gasteiger partial charge in [0.2, 0.25) is 5.91 Å². The van der Waals surface area contributed by atoms with Crippen molar-refractivity contribution in [2.45, 2.75) is 46.5 Å². The normalized spacial score (nSPS) is 23.5. The average Bonchev–Trinajstić information content (AvgIpc) is 2.24. The van der Waals surface area contributed by atoms with Gasteiger partial charge >= 0.3 is 0 Å². The van der Waals surface area contributed by atoms with E-state index in [9.17, 15) is 4.79 Å². The van der Waals surface area contributed by atoms with Gasteiger partial charge < -0.3 is 4.90 Å². The Balaban J connectivity index is 2.74. The summed E-state index contributed by atoms with van der Waals surface area (Å²) in [6.45, 7) is 7.57. The predicted molar refractivity (Wildman–Crippen MR) is 66.8 cm³/mol. The van der Waals surface area contributed by atoms with Crippen molar-refractivity contribution in [3.05, 3.63) is 0 Å². The number of rotatable bonds is 3. The van der Waals surface area contributed by atoms with Gasteiger partial charge in [-0.2, -0.15) is 0 Å². The monoisotopic (exact) mass is 221 g/mol. The van der Waals surface area contributed by atoms with Crippen molar-refractivity contribution in [2.24, 2.45) is 11.3 Å². The van der Waals surface area contributed by atoms with Crippen molar-refractivity contribution < 1.29 is 4.79 Å². The van der Waals surface area contributed by atoms with Crippen LogP contribution in [0.3, 0.4) is 0 Å². The zero-order valence-electron chi connectivity index (χ0n) is 10.8. The summed E-state index contributed by atoms with van der Waals surface area (Å²) in [5, 5.41) is 0. The first-order valence-electron chi connectivity index (χ1n) is 6.25. The number of nitrogens with zero attached hydrogens (tertiary/aromatic N) is 1. The van der Waals surface area contributed by atoms with E-state index in [-0.39, 0.29) is 17.2 Å². The molecule has 0 aliphatic heterocycles. The number of amides is 1. The molecule has 1 fully saturated rings. The molecule has 1 amide bonds. The lowest BCUT2D eigenvalue weighted by molar-refractivity contribution is -0.140. The molecule has 1 atom stereocenters. The van der Waals surface area contributed by atoms with Crippen LogP contribution in [0, 0.1) is 23.7 Å². The summed E-state index contributed by atoms with van der Waals surface area (Å²) in [7, 11) is 0. The third-order valence-electron chi connectivity index (χ3n) is 3.78. The lowest BCUT2D eigenvalue weighted by atomic mass is 9.68. The fourth-order valence-corrected chi connectivity index (χ4v) is 2.63. The molecule has 1 unspecified atom stereocenters. The summed E-state index contributed by atoms with van der Waals surface area (Å²) in [6.07, 6.45) is 9.89. The van der Waals surface area contributed by atoms with Gasteiger partial charge in [0.1, 0.15) is 0 Å². The highest BCUT2D eigenvalue weighted by molar-refractivity contribution is 5.80. The minimum atomic E-state index is 0.136. The highest BCUT2D eigenvalue weighted by Gasteiger charge is 2.38. The molecule has 0 radical (unpaired) electrons. The second kappa shape index (κ2) is 5.39. The Labute approximate surface area is 99.4 Å². The summed E-state index contributed by atoms with van der Waals surface area (Å²) in [5.74, 6) is 2.99. The maximum Gasteiger partial charge on any atom is 0.226 e.